The van der Waals surface area contributed by atoms with E-state index in [-0.39, 0.29) is 18.5 Å². The van der Waals surface area contributed by atoms with Gasteiger partial charge in [-0.3, -0.25) is 9.59 Å². The highest BCUT2D eigenvalue weighted by molar-refractivity contribution is 5.76. The lowest BCUT2D eigenvalue weighted by Crippen LogP contribution is -2.45. The number of hydrogen-bond acceptors (Lipinski definition) is 5. The van der Waals surface area contributed by atoms with E-state index >= 15 is 0 Å². The maximum absolute atomic E-state index is 12.5. The fraction of sp³-hybridized carbons (Fsp3) is 0.891. The number of allylic oxidation sites excluding steroid dienone is 4. The van der Waals surface area contributed by atoms with Crippen molar-refractivity contribution in [3.05, 3.63) is 24.3 Å². The van der Waals surface area contributed by atoms with Crippen molar-refractivity contribution in [3.8, 4) is 0 Å². The SMILES string of the molecule is CCCCC/C=C\CCCCCCCC(=O)OCCCCC/C=C\CCCCCCCC(=O)NC(CO)C(O)CCCCCCCCCCCCCCCCCCCCCC. The van der Waals surface area contributed by atoms with Gasteiger partial charge in [0.1, 0.15) is 0 Å². The lowest BCUT2D eigenvalue weighted by molar-refractivity contribution is -0.143. The van der Waals surface area contributed by atoms with Crippen LogP contribution < -0.4 is 5.32 Å². The standard InChI is InChI=1S/C55H105NO5/c1-3-5-7-9-11-13-15-17-18-19-20-21-22-23-24-27-31-35-39-43-47-53(58)52(51-57)56-54(59)48-44-40-36-32-28-25-26-30-34-38-42-46-50-61-55(60)49-45-41-37-33-29-16-14-12-10-8-6-4-2/h12,14,26,30,52-53,57-58H,3-11,13,15-25,27-29,31-51H2,1-2H3,(H,56,59)/b14-12-,30-26-. The van der Waals surface area contributed by atoms with Crippen LogP contribution in [0.4, 0.5) is 0 Å². The average Bonchev–Trinajstić information content (AvgIpc) is 3.26. The molecule has 0 aromatic heterocycles. The average molecular weight is 860 g/mol. The summed E-state index contributed by atoms with van der Waals surface area (Å²) in [5.41, 5.74) is 0. The van der Waals surface area contributed by atoms with Gasteiger partial charge < -0.3 is 20.3 Å². The summed E-state index contributed by atoms with van der Waals surface area (Å²) < 4.78 is 5.43. The molecule has 0 bridgehead atoms. The molecule has 3 N–H and O–H groups in total. The zero-order chi connectivity index (χ0) is 44.4. The van der Waals surface area contributed by atoms with Crippen LogP contribution in [0.25, 0.3) is 0 Å². The number of amides is 1. The van der Waals surface area contributed by atoms with Crippen LogP contribution in [0, 0.1) is 0 Å². The Labute approximate surface area is 380 Å². The molecule has 0 aliphatic carbocycles. The summed E-state index contributed by atoms with van der Waals surface area (Å²) in [7, 11) is 0. The fourth-order valence-electron chi connectivity index (χ4n) is 8.28. The molecule has 0 fully saturated rings. The smallest absolute Gasteiger partial charge is 0.305 e. The fourth-order valence-corrected chi connectivity index (χ4v) is 8.28. The summed E-state index contributed by atoms with van der Waals surface area (Å²) >= 11 is 0. The van der Waals surface area contributed by atoms with Gasteiger partial charge in [-0.25, -0.2) is 0 Å². The molecule has 0 radical (unpaired) electrons. The van der Waals surface area contributed by atoms with E-state index in [2.05, 4.69) is 43.5 Å². The second-order valence-corrected chi connectivity index (χ2v) is 18.6. The zero-order valence-corrected chi connectivity index (χ0v) is 40.9. The number of ether oxygens (including phenoxy) is 1. The molecule has 0 heterocycles. The summed E-state index contributed by atoms with van der Waals surface area (Å²) in [6, 6.07) is -0.561. The van der Waals surface area contributed by atoms with Crippen LogP contribution >= 0.6 is 0 Å². The number of unbranched alkanes of at least 4 members (excludes halogenated alkanes) is 35. The van der Waals surface area contributed by atoms with Crippen molar-refractivity contribution in [2.45, 2.75) is 302 Å². The molecule has 360 valence electrons. The van der Waals surface area contributed by atoms with Crippen molar-refractivity contribution in [1.29, 1.82) is 0 Å². The molecule has 1 amide bonds. The number of carbonyl (C=O) groups is 2. The Balaban J connectivity index is 3.51. The summed E-state index contributed by atoms with van der Waals surface area (Å²) in [4.78, 5) is 24.5. The van der Waals surface area contributed by atoms with Gasteiger partial charge in [0.05, 0.1) is 25.4 Å². The first-order valence-corrected chi connectivity index (χ1v) is 27.1. The normalized spacial score (nSPS) is 12.8. The molecule has 0 rings (SSSR count). The molecule has 0 aromatic rings. The predicted octanol–water partition coefficient (Wildman–Crippen LogP) is 16.3. The molecular weight excluding hydrogens is 755 g/mol. The number of nitrogens with one attached hydrogen (secondary N) is 1. The highest BCUT2D eigenvalue weighted by Gasteiger charge is 2.20. The van der Waals surface area contributed by atoms with Gasteiger partial charge >= 0.3 is 5.97 Å². The number of esters is 1. The van der Waals surface area contributed by atoms with E-state index in [4.69, 9.17) is 4.74 Å². The Kier molecular flexibility index (Phi) is 49.6. The van der Waals surface area contributed by atoms with E-state index in [0.717, 1.165) is 77.0 Å². The first-order chi connectivity index (χ1) is 30.0. The van der Waals surface area contributed by atoms with Gasteiger partial charge in [0.2, 0.25) is 5.91 Å². The van der Waals surface area contributed by atoms with Crippen LogP contribution in [-0.2, 0) is 14.3 Å². The van der Waals surface area contributed by atoms with Crippen molar-refractivity contribution in [3.63, 3.8) is 0 Å². The first kappa shape index (κ1) is 59.3. The lowest BCUT2D eigenvalue weighted by atomic mass is 10.0. The molecule has 0 saturated carbocycles. The number of aliphatic hydroxyl groups excluding tert-OH is 2. The van der Waals surface area contributed by atoms with Crippen LogP contribution in [0.5, 0.6) is 0 Å². The van der Waals surface area contributed by atoms with E-state index in [0.29, 0.717) is 25.9 Å². The van der Waals surface area contributed by atoms with Gasteiger partial charge in [0.15, 0.2) is 0 Å². The van der Waals surface area contributed by atoms with Gasteiger partial charge in [0.25, 0.3) is 0 Å². The zero-order valence-electron chi connectivity index (χ0n) is 40.9. The van der Waals surface area contributed by atoms with Gasteiger partial charge in [0, 0.05) is 12.8 Å². The third kappa shape index (κ3) is 47.7. The minimum absolute atomic E-state index is 0.0325. The largest absolute Gasteiger partial charge is 0.466 e. The van der Waals surface area contributed by atoms with E-state index in [1.807, 2.05) is 0 Å². The molecule has 6 heteroatoms. The predicted molar refractivity (Wildman–Crippen MR) is 264 cm³/mol. The molecule has 0 saturated heterocycles. The number of aliphatic hydroxyl groups is 2. The molecule has 0 aliphatic rings. The van der Waals surface area contributed by atoms with Crippen molar-refractivity contribution in [2.24, 2.45) is 0 Å². The number of carbonyl (C=O) groups excluding carboxylic acids is 2. The topological polar surface area (TPSA) is 95.9 Å². The Hall–Kier alpha value is -1.66. The quantitative estimate of drug-likeness (QED) is 0.0322. The molecule has 61 heavy (non-hydrogen) atoms. The molecule has 0 aliphatic heterocycles. The minimum Gasteiger partial charge on any atom is -0.466 e. The van der Waals surface area contributed by atoms with E-state index < -0.39 is 12.1 Å². The van der Waals surface area contributed by atoms with Crippen molar-refractivity contribution < 1.29 is 24.5 Å². The summed E-state index contributed by atoms with van der Waals surface area (Å²) in [5.74, 6) is -0.0919. The minimum atomic E-state index is -0.681. The molecule has 2 unspecified atom stereocenters. The third-order valence-corrected chi connectivity index (χ3v) is 12.5. The lowest BCUT2D eigenvalue weighted by Gasteiger charge is -2.22. The second kappa shape index (κ2) is 51.0. The highest BCUT2D eigenvalue weighted by atomic mass is 16.5. The Bertz CT molecular complexity index is 951. The second-order valence-electron chi connectivity index (χ2n) is 18.6. The van der Waals surface area contributed by atoms with Gasteiger partial charge in [-0.1, -0.05) is 218 Å². The number of rotatable bonds is 50. The van der Waals surface area contributed by atoms with E-state index in [1.54, 1.807) is 0 Å². The highest BCUT2D eigenvalue weighted by Crippen LogP contribution is 2.17. The Morgan fingerprint density at radius 1 is 0.443 bits per heavy atom. The molecule has 6 nitrogen and oxygen atoms in total. The van der Waals surface area contributed by atoms with Crippen LogP contribution in [-0.4, -0.2) is 47.4 Å². The van der Waals surface area contributed by atoms with E-state index in [9.17, 15) is 19.8 Å². The van der Waals surface area contributed by atoms with Crippen molar-refractivity contribution in [2.75, 3.05) is 13.2 Å². The van der Waals surface area contributed by atoms with Crippen molar-refractivity contribution in [1.82, 2.24) is 5.32 Å². The van der Waals surface area contributed by atoms with Gasteiger partial charge in [-0.05, 0) is 83.5 Å². The van der Waals surface area contributed by atoms with Gasteiger partial charge in [-0.2, -0.15) is 0 Å². The summed E-state index contributed by atoms with van der Waals surface area (Å²) in [5, 5.41) is 23.3. The number of hydrogen-bond donors (Lipinski definition) is 3. The van der Waals surface area contributed by atoms with Crippen LogP contribution in [0.3, 0.4) is 0 Å². The molecule has 2 atom stereocenters. The summed E-state index contributed by atoms with van der Waals surface area (Å²) in [6.45, 7) is 4.87. The molecular formula is C55H105NO5. The maximum Gasteiger partial charge on any atom is 0.305 e. The van der Waals surface area contributed by atoms with Crippen LogP contribution in [0.2, 0.25) is 0 Å². The van der Waals surface area contributed by atoms with E-state index in [1.165, 1.54) is 180 Å². The van der Waals surface area contributed by atoms with Crippen LogP contribution in [0.1, 0.15) is 290 Å². The van der Waals surface area contributed by atoms with Crippen LogP contribution in [0.15, 0.2) is 24.3 Å². The molecule has 0 spiro atoms. The van der Waals surface area contributed by atoms with Gasteiger partial charge in [-0.15, -0.1) is 0 Å². The molecule has 0 aromatic carbocycles. The Morgan fingerprint density at radius 3 is 1.20 bits per heavy atom. The van der Waals surface area contributed by atoms with Crippen molar-refractivity contribution >= 4 is 11.9 Å². The first-order valence-electron chi connectivity index (χ1n) is 27.1. The monoisotopic (exact) mass is 860 g/mol. The third-order valence-electron chi connectivity index (χ3n) is 12.5. The summed E-state index contributed by atoms with van der Waals surface area (Å²) in [6.07, 6.45) is 60.1. The maximum atomic E-state index is 12.5. The Morgan fingerprint density at radius 2 is 0.770 bits per heavy atom.